The van der Waals surface area contributed by atoms with Crippen LogP contribution in [0.25, 0.3) is 0 Å². The van der Waals surface area contributed by atoms with E-state index in [0.717, 1.165) is 11.1 Å². The molecule has 0 radical (unpaired) electrons. The second kappa shape index (κ2) is 19.0. The number of aryl methyl sites for hydroxylation is 1. The molecule has 276 valence electrons. The second-order valence-electron chi connectivity index (χ2n) is 13.9. The summed E-state index contributed by atoms with van der Waals surface area (Å²) in [5, 5.41) is 30.3. The molecule has 0 aliphatic carbocycles. The van der Waals surface area contributed by atoms with Gasteiger partial charge < -0.3 is 43.7 Å². The average molecular weight is 703 g/mol. The molecule has 4 aromatic rings. The highest BCUT2D eigenvalue weighted by atomic mass is 16.7. The molecule has 0 aliphatic rings. The van der Waals surface area contributed by atoms with Crippen LogP contribution in [0, 0.1) is 6.92 Å². The molecule has 0 saturated heterocycles. The fourth-order valence-corrected chi connectivity index (χ4v) is 5.55. The molecule has 4 aromatic carbocycles. The highest BCUT2D eigenvalue weighted by Gasteiger charge is 2.24. The number of aliphatic hydroxyl groups is 3. The fraction of sp³-hybridized carbons (Fsp3) is 0.429. The molecule has 51 heavy (non-hydrogen) atoms. The molecule has 0 aliphatic heterocycles. The summed E-state index contributed by atoms with van der Waals surface area (Å²) in [6.45, 7) is 11.4. The Labute approximate surface area is 302 Å². The maximum absolute atomic E-state index is 10.5. The first-order valence-electron chi connectivity index (χ1n) is 17.3. The number of hydrogen-bond acceptors (Lipinski definition) is 9. The Morgan fingerprint density at radius 3 is 1.08 bits per heavy atom. The number of ether oxygens (including phenoxy) is 6. The van der Waals surface area contributed by atoms with Crippen molar-refractivity contribution < 1.29 is 43.7 Å². The van der Waals surface area contributed by atoms with Crippen LogP contribution >= 0.6 is 0 Å². The molecule has 3 unspecified atom stereocenters. The van der Waals surface area contributed by atoms with Crippen LogP contribution in [0.4, 0.5) is 0 Å². The molecule has 3 atom stereocenters. The molecule has 3 N–H and O–H groups in total. The van der Waals surface area contributed by atoms with Gasteiger partial charge in [0.15, 0.2) is 0 Å². The molecule has 0 heterocycles. The zero-order valence-corrected chi connectivity index (χ0v) is 30.7. The number of benzene rings is 4. The van der Waals surface area contributed by atoms with Gasteiger partial charge in [0.05, 0.1) is 19.8 Å². The van der Waals surface area contributed by atoms with Crippen molar-refractivity contribution in [2.75, 3.05) is 53.5 Å². The van der Waals surface area contributed by atoms with Crippen LogP contribution in [0.3, 0.4) is 0 Å². The Hall–Kier alpha value is -3.96. The molecule has 0 amide bonds. The number of rotatable bonds is 21. The molecule has 0 fully saturated rings. The van der Waals surface area contributed by atoms with Crippen molar-refractivity contribution in [3.63, 3.8) is 0 Å². The third-order valence-electron chi connectivity index (χ3n) is 8.97. The van der Waals surface area contributed by atoms with Crippen molar-refractivity contribution in [2.45, 2.75) is 63.8 Å². The lowest BCUT2D eigenvalue weighted by atomic mass is 9.78. The van der Waals surface area contributed by atoms with E-state index in [-0.39, 0.29) is 57.3 Å². The normalized spacial score (nSPS) is 13.7. The summed E-state index contributed by atoms with van der Waals surface area (Å²) < 4.78 is 32.8. The van der Waals surface area contributed by atoms with E-state index < -0.39 is 18.3 Å². The largest absolute Gasteiger partial charge is 0.491 e. The smallest absolute Gasteiger partial charge is 0.146 e. The van der Waals surface area contributed by atoms with Crippen molar-refractivity contribution in [1.29, 1.82) is 0 Å². The van der Waals surface area contributed by atoms with Gasteiger partial charge in [-0.15, -0.1) is 0 Å². The molecular weight excluding hydrogens is 648 g/mol. The van der Waals surface area contributed by atoms with Crippen molar-refractivity contribution in [3.05, 3.63) is 125 Å². The lowest BCUT2D eigenvalue weighted by Gasteiger charge is -2.27. The second-order valence-corrected chi connectivity index (χ2v) is 13.9. The predicted octanol–water partition coefficient (Wildman–Crippen LogP) is 6.20. The van der Waals surface area contributed by atoms with Crippen LogP contribution in [0.1, 0.15) is 55.5 Å². The van der Waals surface area contributed by atoms with Gasteiger partial charge in [0.1, 0.15) is 62.2 Å². The number of methoxy groups -OCH3 is 1. The van der Waals surface area contributed by atoms with Gasteiger partial charge >= 0.3 is 0 Å². The van der Waals surface area contributed by atoms with E-state index >= 15 is 0 Å². The number of hydrogen-bond donors (Lipinski definition) is 3. The summed E-state index contributed by atoms with van der Waals surface area (Å²) in [4.78, 5) is 0. The Kier molecular flexibility index (Phi) is 14.9. The van der Waals surface area contributed by atoms with Crippen molar-refractivity contribution >= 4 is 0 Å². The summed E-state index contributed by atoms with van der Waals surface area (Å²) in [7, 11) is 1.50. The first kappa shape index (κ1) is 39.8. The van der Waals surface area contributed by atoms with E-state index in [2.05, 4.69) is 71.0 Å². The van der Waals surface area contributed by atoms with Crippen LogP contribution in [0.2, 0.25) is 0 Å². The highest BCUT2D eigenvalue weighted by molar-refractivity contribution is 5.42. The minimum absolute atomic E-state index is 0.0424. The maximum atomic E-state index is 10.5. The van der Waals surface area contributed by atoms with E-state index in [0.29, 0.717) is 17.2 Å². The Bertz CT molecular complexity index is 1570. The lowest BCUT2D eigenvalue weighted by Crippen LogP contribution is -2.26. The molecule has 0 bridgehead atoms. The van der Waals surface area contributed by atoms with Crippen LogP contribution in [-0.2, 0) is 25.0 Å². The van der Waals surface area contributed by atoms with Crippen LogP contribution in [-0.4, -0.2) is 87.2 Å². The minimum atomic E-state index is -0.830. The van der Waals surface area contributed by atoms with E-state index in [9.17, 15) is 15.3 Å². The molecule has 9 heteroatoms. The van der Waals surface area contributed by atoms with Gasteiger partial charge in [-0.2, -0.15) is 0 Å². The van der Waals surface area contributed by atoms with E-state index in [1.807, 2.05) is 60.7 Å². The molecule has 4 rings (SSSR count). The Balaban J connectivity index is 1.18. The lowest BCUT2D eigenvalue weighted by molar-refractivity contribution is -0.107. The van der Waals surface area contributed by atoms with Gasteiger partial charge in [-0.1, -0.05) is 93.9 Å². The van der Waals surface area contributed by atoms with Gasteiger partial charge in [0, 0.05) is 17.9 Å². The van der Waals surface area contributed by atoms with E-state index in [1.165, 1.54) is 23.8 Å². The molecular formula is C42H54O9. The summed E-state index contributed by atoms with van der Waals surface area (Å²) >= 11 is 0. The van der Waals surface area contributed by atoms with Gasteiger partial charge in [-0.3, -0.25) is 0 Å². The topological polar surface area (TPSA) is 116 Å². The Morgan fingerprint density at radius 1 is 0.451 bits per heavy atom. The first-order chi connectivity index (χ1) is 24.4. The fourth-order valence-electron chi connectivity index (χ4n) is 5.55. The zero-order valence-electron chi connectivity index (χ0n) is 30.7. The maximum Gasteiger partial charge on any atom is 0.146 e. The number of aliphatic hydroxyl groups excluding tert-OH is 3. The minimum Gasteiger partial charge on any atom is -0.491 e. The van der Waals surface area contributed by atoms with E-state index in [1.54, 1.807) is 0 Å². The van der Waals surface area contributed by atoms with Crippen molar-refractivity contribution in [2.24, 2.45) is 0 Å². The van der Waals surface area contributed by atoms with Gasteiger partial charge in [-0.25, -0.2) is 0 Å². The molecule has 0 spiro atoms. The summed E-state index contributed by atoms with van der Waals surface area (Å²) in [6.07, 6.45) is -2.34. The van der Waals surface area contributed by atoms with Crippen molar-refractivity contribution in [3.8, 4) is 17.2 Å². The quantitative estimate of drug-likeness (QED) is 0.0690. The summed E-state index contributed by atoms with van der Waals surface area (Å²) in [5.41, 5.74) is 5.45. The van der Waals surface area contributed by atoms with E-state index in [4.69, 9.17) is 28.4 Å². The van der Waals surface area contributed by atoms with Gasteiger partial charge in [0.25, 0.3) is 0 Å². The third kappa shape index (κ3) is 12.1. The monoisotopic (exact) mass is 702 g/mol. The van der Waals surface area contributed by atoms with Crippen LogP contribution in [0.15, 0.2) is 97.1 Å². The van der Waals surface area contributed by atoms with Gasteiger partial charge in [0.2, 0.25) is 0 Å². The Morgan fingerprint density at radius 2 is 0.745 bits per heavy atom. The SMILES string of the molecule is COCC(O)COCOCC(O)COc1ccc(C(C)(C)c2ccc(OCC(O)COc3ccc(C(C)(C)c4ccc(C)cc4)cc3)cc2)cc1. The standard InChI is InChI=1S/C42H54O9/c1-30-7-9-31(10-8-30)41(2,3)32-11-19-39(20-12-32)50-27-37(45)28-51-40-21-15-34(16-22-40)42(4,5)33-13-17-38(18-14-33)49-26-36(44)25-48-29-47-24-35(43)23-46-6/h7-22,35-37,43-45H,23-29H2,1-6H3. The molecule has 0 saturated carbocycles. The first-order valence-corrected chi connectivity index (χ1v) is 17.3. The predicted molar refractivity (Wildman–Crippen MR) is 198 cm³/mol. The van der Waals surface area contributed by atoms with Crippen LogP contribution in [0.5, 0.6) is 17.2 Å². The third-order valence-corrected chi connectivity index (χ3v) is 8.97. The molecule has 0 aromatic heterocycles. The summed E-state index contributed by atoms with van der Waals surface area (Å²) in [5.74, 6) is 2.00. The highest BCUT2D eigenvalue weighted by Crippen LogP contribution is 2.34. The molecule has 9 nitrogen and oxygen atoms in total. The van der Waals surface area contributed by atoms with Crippen molar-refractivity contribution in [1.82, 2.24) is 0 Å². The van der Waals surface area contributed by atoms with Crippen LogP contribution < -0.4 is 14.2 Å². The van der Waals surface area contributed by atoms with Gasteiger partial charge in [-0.05, 0) is 65.6 Å². The average Bonchev–Trinajstić information content (AvgIpc) is 3.13. The summed E-state index contributed by atoms with van der Waals surface area (Å²) in [6, 6.07) is 32.3. The zero-order chi connectivity index (χ0) is 36.9.